The van der Waals surface area contributed by atoms with Gasteiger partial charge in [0.05, 0.1) is 6.04 Å². The molecule has 2 aliphatic heterocycles. The zero-order valence-corrected chi connectivity index (χ0v) is 19.4. The molecule has 0 radical (unpaired) electrons. The van der Waals surface area contributed by atoms with Crippen LogP contribution in [-0.4, -0.2) is 66.0 Å². The number of carbonyl (C=O) groups is 3. The Morgan fingerprint density at radius 3 is 2.62 bits per heavy atom. The third-order valence-electron chi connectivity index (χ3n) is 4.62. The average Bonchev–Trinajstić information content (AvgIpc) is 3.30. The second kappa shape index (κ2) is 8.82. The molecule has 0 spiro atoms. The van der Waals surface area contributed by atoms with E-state index in [0.717, 1.165) is 39.3 Å². The molecule has 0 aromatic carbocycles. The number of rotatable bonds is 6. The van der Waals surface area contributed by atoms with Crippen molar-refractivity contribution in [2.75, 3.05) is 5.73 Å². The monoisotopic (exact) mass is 535 g/mol. The van der Waals surface area contributed by atoms with Crippen LogP contribution in [0.2, 0.25) is 8.80 Å². The summed E-state index contributed by atoms with van der Waals surface area (Å²) in [5, 5.41) is 32.0. The molecule has 0 bridgehead atoms. The largest absolute Gasteiger partial charge is 0.477 e. The van der Waals surface area contributed by atoms with E-state index in [-0.39, 0.29) is 25.3 Å². The maximum absolute atomic E-state index is 12.8. The molecule has 32 heavy (non-hydrogen) atoms. The van der Waals surface area contributed by atoms with E-state index in [9.17, 15) is 24.7 Å². The van der Waals surface area contributed by atoms with Crippen molar-refractivity contribution in [1.29, 1.82) is 0 Å². The highest BCUT2D eigenvalue weighted by Gasteiger charge is 2.54. The Morgan fingerprint density at radius 2 is 2.06 bits per heavy atom. The normalized spacial score (nSPS) is 20.8. The maximum atomic E-state index is 12.8. The summed E-state index contributed by atoms with van der Waals surface area (Å²) in [7, 11) is 0. The summed E-state index contributed by atoms with van der Waals surface area (Å²) >= 11 is 14.8. The zero-order chi connectivity index (χ0) is 23.2. The smallest absolute Gasteiger partial charge is 0.353 e. The Balaban J connectivity index is 1.53. The van der Waals surface area contributed by atoms with Gasteiger partial charge in [-0.05, 0) is 24.4 Å². The maximum Gasteiger partial charge on any atom is 0.353 e. The number of fused-ring (bicyclic) bond motifs is 1. The number of thiazole rings is 1. The fourth-order valence-corrected chi connectivity index (χ4v) is 6.47. The summed E-state index contributed by atoms with van der Waals surface area (Å²) < 4.78 is 0.701. The van der Waals surface area contributed by atoms with Gasteiger partial charge < -0.3 is 21.4 Å². The highest BCUT2D eigenvalue weighted by atomic mass is 35.5. The Morgan fingerprint density at radius 1 is 1.31 bits per heavy atom. The van der Waals surface area contributed by atoms with E-state index in [1.807, 2.05) is 0 Å². The molecule has 0 saturated carbocycles. The van der Waals surface area contributed by atoms with Crippen LogP contribution < -0.4 is 11.1 Å². The van der Waals surface area contributed by atoms with Crippen molar-refractivity contribution >= 4 is 86.3 Å². The van der Waals surface area contributed by atoms with Gasteiger partial charge in [-0.3, -0.25) is 14.5 Å². The van der Waals surface area contributed by atoms with E-state index in [2.05, 4.69) is 25.7 Å². The highest BCUT2D eigenvalue weighted by Crippen LogP contribution is 2.44. The average molecular weight is 536 g/mol. The molecule has 1 saturated heterocycles. The summed E-state index contributed by atoms with van der Waals surface area (Å²) in [6, 6.07) is -1.60. The number of carboxylic acids is 1. The molecular weight excluding hydrogens is 525 g/mol. The van der Waals surface area contributed by atoms with E-state index in [4.69, 9.17) is 28.9 Å². The lowest BCUT2D eigenvalue weighted by Gasteiger charge is -2.49. The van der Waals surface area contributed by atoms with Crippen molar-refractivity contribution in [2.45, 2.75) is 29.3 Å². The first-order valence-electron chi connectivity index (χ1n) is 8.62. The summed E-state index contributed by atoms with van der Waals surface area (Å²) in [5.74, 6) is -2.80. The second-order valence-corrected chi connectivity index (χ2v) is 10.9. The first-order chi connectivity index (χ1) is 15.2. The van der Waals surface area contributed by atoms with Crippen LogP contribution in [0.15, 0.2) is 20.1 Å². The van der Waals surface area contributed by atoms with Crippen molar-refractivity contribution in [3.05, 3.63) is 25.1 Å². The molecule has 2 aromatic rings. The van der Waals surface area contributed by atoms with Crippen LogP contribution in [0.4, 0.5) is 5.13 Å². The van der Waals surface area contributed by atoms with E-state index >= 15 is 0 Å². The van der Waals surface area contributed by atoms with E-state index in [1.54, 1.807) is 0 Å². The van der Waals surface area contributed by atoms with Gasteiger partial charge in [0.2, 0.25) is 4.47 Å². The first-order valence-corrected chi connectivity index (χ1v) is 11.8. The predicted octanol–water partition coefficient (Wildman–Crippen LogP) is 1.64. The van der Waals surface area contributed by atoms with Crippen LogP contribution in [0.5, 0.6) is 0 Å². The van der Waals surface area contributed by atoms with Crippen LogP contribution in [0, 0.1) is 0 Å². The predicted molar refractivity (Wildman–Crippen MR) is 117 cm³/mol. The van der Waals surface area contributed by atoms with Gasteiger partial charge >= 0.3 is 5.97 Å². The van der Waals surface area contributed by atoms with E-state index in [0.29, 0.717) is 22.1 Å². The molecular formula is C15H11Cl2N7O5S3. The van der Waals surface area contributed by atoms with E-state index in [1.165, 1.54) is 0 Å². The number of carbonyl (C=O) groups excluding carboxylic acids is 2. The Labute approximate surface area is 201 Å². The van der Waals surface area contributed by atoms with E-state index < -0.39 is 35.6 Å². The number of amides is 2. The molecule has 1 fully saturated rings. The minimum atomic E-state index is -1.28. The number of hydrogen-bond donors (Lipinski definition) is 4. The van der Waals surface area contributed by atoms with Crippen molar-refractivity contribution in [3.8, 4) is 0 Å². The molecule has 5 N–H and O–H groups in total. The van der Waals surface area contributed by atoms with Gasteiger partial charge in [-0.1, -0.05) is 51.2 Å². The van der Waals surface area contributed by atoms with Crippen LogP contribution >= 0.6 is 57.6 Å². The number of nitrogens with two attached hydrogens (primary N) is 1. The van der Waals surface area contributed by atoms with Crippen LogP contribution in [0.25, 0.3) is 0 Å². The molecule has 12 nitrogen and oxygen atoms in total. The van der Waals surface area contributed by atoms with Crippen molar-refractivity contribution in [3.63, 3.8) is 0 Å². The number of nitrogens with zero attached hydrogens (tertiary/aromatic N) is 5. The fraction of sp³-hybridized carbons (Fsp3) is 0.267. The lowest BCUT2D eigenvalue weighted by atomic mass is 9.86. The highest BCUT2D eigenvalue weighted by molar-refractivity contribution is 8.04. The second-order valence-electron chi connectivity index (χ2n) is 6.39. The molecule has 2 amide bonds. The Hall–Kier alpha value is -2.46. The van der Waals surface area contributed by atoms with Gasteiger partial charge in [0.15, 0.2) is 15.2 Å². The van der Waals surface area contributed by atoms with Crippen molar-refractivity contribution in [1.82, 2.24) is 25.4 Å². The standard InChI is InChI=1S/C15H11Cl2N7O5S3/c16-9-6(20-14(18)31-9)7(23-29)10(25)19-5-3-1-2-4(30-15-22-21-13(17)32-15)8(12(27)28)24(3)11(5)26/h3,5,29H,1-2H2,(H2,18,20)(H,19,25)(H,27,28)/b23-7-. The van der Waals surface area contributed by atoms with Gasteiger partial charge in [0, 0.05) is 4.91 Å². The van der Waals surface area contributed by atoms with Gasteiger partial charge in [0.1, 0.15) is 21.8 Å². The summed E-state index contributed by atoms with van der Waals surface area (Å²) in [6.07, 6.45) is 0.720. The zero-order valence-electron chi connectivity index (χ0n) is 15.5. The molecule has 2 aromatic heterocycles. The fourth-order valence-electron chi connectivity index (χ4n) is 3.34. The van der Waals surface area contributed by atoms with Gasteiger partial charge in [-0.2, -0.15) is 0 Å². The molecule has 2 aliphatic rings. The van der Waals surface area contributed by atoms with Crippen LogP contribution in [0.3, 0.4) is 0 Å². The lowest BCUT2D eigenvalue weighted by Crippen LogP contribution is -2.72. The molecule has 17 heteroatoms. The Bertz CT molecular complexity index is 1200. The molecule has 4 rings (SSSR count). The third kappa shape index (κ3) is 4.01. The number of nitrogen functional groups attached to an aromatic ring is 1. The minimum Gasteiger partial charge on any atom is -0.477 e. The molecule has 2 unspecified atom stereocenters. The number of oxime groups is 1. The number of allylic oxidation sites excluding steroid dienone is 1. The van der Waals surface area contributed by atoms with Crippen LogP contribution in [-0.2, 0) is 14.4 Å². The van der Waals surface area contributed by atoms with Gasteiger partial charge in [-0.15, -0.1) is 10.2 Å². The molecule has 0 aliphatic carbocycles. The van der Waals surface area contributed by atoms with Gasteiger partial charge in [-0.25, -0.2) is 9.78 Å². The summed E-state index contributed by atoms with van der Waals surface area (Å²) in [5.41, 5.74) is 4.73. The number of aromatic nitrogens is 3. The number of carboxylic acid groups (broad SMARTS) is 1. The number of thioether (sulfide) groups is 1. The van der Waals surface area contributed by atoms with Crippen molar-refractivity contribution in [2.24, 2.45) is 5.16 Å². The topological polar surface area (TPSA) is 184 Å². The molecule has 4 heterocycles. The van der Waals surface area contributed by atoms with Crippen molar-refractivity contribution < 1.29 is 24.7 Å². The quantitative estimate of drug-likeness (QED) is 0.183. The summed E-state index contributed by atoms with van der Waals surface area (Å²) in [6.45, 7) is 0. The number of β-lactam (4-membered cyclic amide) rings is 1. The lowest BCUT2D eigenvalue weighted by molar-refractivity contribution is -0.155. The molecule has 2 atom stereocenters. The Kier molecular flexibility index (Phi) is 6.26. The number of aliphatic carboxylic acids is 1. The van der Waals surface area contributed by atoms with Crippen LogP contribution in [0.1, 0.15) is 18.5 Å². The summed E-state index contributed by atoms with van der Waals surface area (Å²) in [4.78, 5) is 42.7. The number of hydrogen-bond acceptors (Lipinski definition) is 12. The number of nitrogens with one attached hydrogen (secondary N) is 1. The SMILES string of the molecule is Nc1nc(/C(=N/O)C(=O)NC2C(=O)N3C(C(=O)O)=C(Sc4nnc(Cl)s4)CCC23)c(Cl)s1. The number of anilines is 1. The molecule has 168 valence electrons. The number of halogens is 2. The first kappa shape index (κ1) is 22.7. The minimum absolute atomic E-state index is 0.0409. The third-order valence-corrected chi connectivity index (χ3v) is 7.91. The van der Waals surface area contributed by atoms with Gasteiger partial charge in [0.25, 0.3) is 11.8 Å².